The Hall–Kier alpha value is -0.160. The summed E-state index contributed by atoms with van der Waals surface area (Å²) < 4.78 is 12.4. The van der Waals surface area contributed by atoms with Crippen LogP contribution >= 0.6 is 8.23 Å². The molecule has 0 saturated heterocycles. The second-order valence-electron chi connectivity index (χ2n) is 2.84. The summed E-state index contributed by atoms with van der Waals surface area (Å²) >= 11 is 0. The molecule has 0 aromatic heterocycles. The van der Waals surface area contributed by atoms with Crippen LogP contribution in [0, 0.1) is 0 Å². The van der Waals surface area contributed by atoms with Crippen molar-refractivity contribution in [1.82, 2.24) is 0 Å². The molecular weight excluding hydrogens is 146 g/mol. The fraction of sp³-hybridized carbons (Fsp3) is 0.500. The van der Waals surface area contributed by atoms with Gasteiger partial charge in [0.05, 0.1) is 0 Å². The monoisotopic (exact) mass is 158 g/mol. The molecule has 1 heterocycles. The first kappa shape index (κ1) is 7.94. The lowest BCUT2D eigenvalue weighted by Gasteiger charge is -2.19. The molecule has 1 aliphatic rings. The molecule has 1 aliphatic heterocycles. The van der Waals surface area contributed by atoms with E-state index in [9.17, 15) is 4.20 Å². The largest absolute Gasteiger partial charge is 0.222 e. The third kappa shape index (κ3) is 1.46. The Morgan fingerprint density at radius 1 is 1.50 bits per heavy atom. The molecule has 0 saturated carbocycles. The molecule has 56 valence electrons. The van der Waals surface area contributed by atoms with Crippen molar-refractivity contribution in [3.8, 4) is 0 Å². The molecule has 0 aliphatic carbocycles. The summed E-state index contributed by atoms with van der Waals surface area (Å²) in [4.78, 5) is 0. The fourth-order valence-electron chi connectivity index (χ4n) is 0.842. The predicted molar refractivity (Wildman–Crippen MR) is 45.0 cm³/mol. The highest BCUT2D eigenvalue weighted by Gasteiger charge is 2.19. The first-order valence-corrected chi connectivity index (χ1v) is 4.87. The maximum Gasteiger partial charge on any atom is 0.110 e. The van der Waals surface area contributed by atoms with Crippen LogP contribution in [-0.2, 0) is 0 Å². The average Bonchev–Trinajstić information content (AvgIpc) is 1.79. The van der Waals surface area contributed by atoms with E-state index in [-0.39, 0.29) is 0 Å². The van der Waals surface area contributed by atoms with Gasteiger partial charge >= 0.3 is 0 Å². The molecule has 0 bridgehead atoms. The summed E-state index contributed by atoms with van der Waals surface area (Å²) in [7, 11) is -1.21. The van der Waals surface area contributed by atoms with E-state index in [1.54, 1.807) is 5.82 Å². The summed E-state index contributed by atoms with van der Waals surface area (Å²) in [6.45, 7) is 6.19. The molecule has 0 aromatic rings. The van der Waals surface area contributed by atoms with E-state index in [1.807, 2.05) is 0 Å². The first-order chi connectivity index (χ1) is 4.61. The van der Waals surface area contributed by atoms with E-state index >= 15 is 0 Å². The van der Waals surface area contributed by atoms with Gasteiger partial charge in [-0.15, -0.1) is 0 Å². The van der Waals surface area contributed by atoms with Gasteiger partial charge in [0, 0.05) is 6.16 Å². The van der Waals surface area contributed by atoms with Crippen molar-refractivity contribution in [2.75, 3.05) is 6.16 Å². The Labute approximate surface area is 62.7 Å². The van der Waals surface area contributed by atoms with Gasteiger partial charge in [0.25, 0.3) is 0 Å². The molecule has 0 spiro atoms. The van der Waals surface area contributed by atoms with Crippen LogP contribution in [0.2, 0.25) is 0 Å². The van der Waals surface area contributed by atoms with E-state index in [1.165, 1.54) is 16.7 Å². The summed E-state index contributed by atoms with van der Waals surface area (Å²) in [6.07, 6.45) is 0.687. The number of hydrogen-bond acceptors (Lipinski definition) is 0. The van der Waals surface area contributed by atoms with Gasteiger partial charge in [0.1, 0.15) is 8.23 Å². The van der Waals surface area contributed by atoms with Crippen LogP contribution < -0.4 is 0 Å². The van der Waals surface area contributed by atoms with Crippen LogP contribution in [0.1, 0.15) is 20.8 Å². The zero-order valence-electron chi connectivity index (χ0n) is 6.61. The normalized spacial score (nSPS) is 23.2. The zero-order chi connectivity index (χ0) is 7.72. The lowest BCUT2D eigenvalue weighted by molar-refractivity contribution is 0.891. The third-order valence-electron chi connectivity index (χ3n) is 1.85. The molecule has 1 unspecified atom stereocenters. The van der Waals surface area contributed by atoms with Gasteiger partial charge in [0.15, 0.2) is 0 Å². The predicted octanol–water partition coefficient (Wildman–Crippen LogP) is 3.61. The van der Waals surface area contributed by atoms with Crippen LogP contribution in [0.15, 0.2) is 22.5 Å². The lowest BCUT2D eigenvalue weighted by Crippen LogP contribution is -1.99. The molecule has 2 heteroatoms. The summed E-state index contributed by atoms with van der Waals surface area (Å²) in [5.74, 6) is 1.76. The summed E-state index contributed by atoms with van der Waals surface area (Å²) in [6, 6.07) is 0. The SMILES string of the molecule is CC(C)=C(C)C1=CP(F)C1. The number of hydrogen-bond donors (Lipinski definition) is 0. The second kappa shape index (κ2) is 2.84. The van der Waals surface area contributed by atoms with Gasteiger partial charge in [-0.1, -0.05) is 5.57 Å². The van der Waals surface area contributed by atoms with Crippen LogP contribution in [0.3, 0.4) is 0 Å². The molecular formula is C8H12FP. The highest BCUT2D eigenvalue weighted by molar-refractivity contribution is 7.57. The van der Waals surface area contributed by atoms with Gasteiger partial charge in [-0.2, -0.15) is 0 Å². The topological polar surface area (TPSA) is 0 Å². The molecule has 0 nitrogen and oxygen atoms in total. The molecule has 0 fully saturated rings. The number of halogens is 1. The lowest BCUT2D eigenvalue weighted by atomic mass is 10.1. The summed E-state index contributed by atoms with van der Waals surface area (Å²) in [5, 5.41) is 0. The molecule has 0 amide bonds. The van der Waals surface area contributed by atoms with Crippen molar-refractivity contribution in [1.29, 1.82) is 0 Å². The molecule has 0 aromatic carbocycles. The summed E-state index contributed by atoms with van der Waals surface area (Å²) in [5.41, 5.74) is 3.79. The van der Waals surface area contributed by atoms with Crippen molar-refractivity contribution in [2.45, 2.75) is 20.8 Å². The van der Waals surface area contributed by atoms with Crippen molar-refractivity contribution in [3.63, 3.8) is 0 Å². The number of rotatable bonds is 1. The van der Waals surface area contributed by atoms with Gasteiger partial charge < -0.3 is 0 Å². The zero-order valence-corrected chi connectivity index (χ0v) is 7.50. The second-order valence-corrected chi connectivity index (χ2v) is 4.21. The first-order valence-electron chi connectivity index (χ1n) is 3.39. The van der Waals surface area contributed by atoms with E-state index in [0.29, 0.717) is 6.16 Å². The minimum atomic E-state index is -1.21. The Bertz CT molecular complexity index is 199. The van der Waals surface area contributed by atoms with Gasteiger partial charge in [-0.3, -0.25) is 0 Å². The van der Waals surface area contributed by atoms with E-state index < -0.39 is 8.23 Å². The molecule has 10 heavy (non-hydrogen) atoms. The smallest absolute Gasteiger partial charge is 0.110 e. The van der Waals surface area contributed by atoms with E-state index in [0.717, 1.165) is 0 Å². The Balaban J connectivity index is 2.70. The maximum absolute atomic E-state index is 12.4. The van der Waals surface area contributed by atoms with Gasteiger partial charge in [-0.05, 0) is 37.7 Å². The van der Waals surface area contributed by atoms with Gasteiger partial charge in [-0.25, -0.2) is 4.20 Å². The Morgan fingerprint density at radius 3 is 2.30 bits per heavy atom. The van der Waals surface area contributed by atoms with Gasteiger partial charge in [0.2, 0.25) is 0 Å². The van der Waals surface area contributed by atoms with Crippen LogP contribution in [0.5, 0.6) is 0 Å². The molecule has 0 N–H and O–H groups in total. The Kier molecular flexibility index (Phi) is 2.25. The van der Waals surface area contributed by atoms with Crippen molar-refractivity contribution < 1.29 is 4.20 Å². The average molecular weight is 158 g/mol. The maximum atomic E-state index is 12.4. The minimum Gasteiger partial charge on any atom is -0.222 e. The highest BCUT2D eigenvalue weighted by atomic mass is 31.2. The highest BCUT2D eigenvalue weighted by Crippen LogP contribution is 2.52. The minimum absolute atomic E-state index is 0.687. The van der Waals surface area contributed by atoms with Crippen molar-refractivity contribution in [3.05, 3.63) is 22.5 Å². The van der Waals surface area contributed by atoms with E-state index in [4.69, 9.17) is 0 Å². The molecule has 1 rings (SSSR count). The van der Waals surface area contributed by atoms with E-state index in [2.05, 4.69) is 20.8 Å². The van der Waals surface area contributed by atoms with Crippen LogP contribution in [-0.4, -0.2) is 6.16 Å². The van der Waals surface area contributed by atoms with Crippen LogP contribution in [0.25, 0.3) is 0 Å². The van der Waals surface area contributed by atoms with Crippen molar-refractivity contribution in [2.24, 2.45) is 0 Å². The quantitative estimate of drug-likeness (QED) is 0.511. The standard InChI is InChI=1S/C8H12FP/c1-6(2)7(3)8-4-10(9)5-8/h4H,5H2,1-3H3. The molecule has 0 radical (unpaired) electrons. The van der Waals surface area contributed by atoms with Crippen molar-refractivity contribution >= 4 is 8.23 Å². The number of allylic oxidation sites excluding steroid dienone is 3. The Morgan fingerprint density at radius 2 is 2.00 bits per heavy atom. The molecule has 1 atom stereocenters. The fourth-order valence-corrected chi connectivity index (χ4v) is 1.88. The third-order valence-corrected chi connectivity index (χ3v) is 3.08. The van der Waals surface area contributed by atoms with Crippen LogP contribution in [0.4, 0.5) is 4.20 Å².